The Balaban J connectivity index is 2.30. The summed E-state index contributed by atoms with van der Waals surface area (Å²) in [6.45, 7) is 1.74. The molecule has 0 atom stereocenters. The van der Waals surface area contributed by atoms with Crippen LogP contribution in [-0.2, 0) is 20.0 Å². The van der Waals surface area contributed by atoms with Gasteiger partial charge in [-0.15, -0.1) is 0 Å². The van der Waals surface area contributed by atoms with Gasteiger partial charge in [0.1, 0.15) is 0 Å². The second kappa shape index (κ2) is 5.40. The Bertz CT molecular complexity index is 728. The molecule has 2 rings (SSSR count). The fraction of sp³-hybridized carbons (Fsp3) is 0.286. The van der Waals surface area contributed by atoms with Gasteiger partial charge < -0.3 is 4.57 Å². The number of nitrogens with zero attached hydrogens (tertiary/aromatic N) is 2. The minimum Gasteiger partial charge on any atom is -0.303 e. The molecule has 0 saturated heterocycles. The van der Waals surface area contributed by atoms with Gasteiger partial charge in [-0.2, -0.15) is 0 Å². The third-order valence-corrected chi connectivity index (χ3v) is 3.11. The number of halogens is 2. The first-order chi connectivity index (χ1) is 9.40. The molecule has 4 nitrogen and oxygen atoms in total. The Kier molecular flexibility index (Phi) is 3.83. The van der Waals surface area contributed by atoms with Gasteiger partial charge in [0.2, 0.25) is 0 Å². The van der Waals surface area contributed by atoms with Gasteiger partial charge in [-0.3, -0.25) is 9.36 Å². The SMILES string of the molecule is Cc1cn(C)c(=O)n(CCc2ccc(F)c(F)c2)c1=O. The highest BCUT2D eigenvalue weighted by molar-refractivity contribution is 5.18. The summed E-state index contributed by atoms with van der Waals surface area (Å²) in [5, 5.41) is 0. The smallest absolute Gasteiger partial charge is 0.303 e. The molecule has 0 fully saturated rings. The summed E-state index contributed by atoms with van der Waals surface area (Å²) >= 11 is 0. The molecule has 1 heterocycles. The Morgan fingerprint density at radius 1 is 1.15 bits per heavy atom. The van der Waals surface area contributed by atoms with E-state index in [-0.39, 0.29) is 18.5 Å². The molecule has 2 aromatic rings. The standard InChI is InChI=1S/C14H14F2N2O2/c1-9-8-17(2)14(20)18(13(9)19)6-5-10-3-4-11(15)12(16)7-10/h3-4,7-8H,5-6H2,1-2H3. The number of aryl methyl sites for hydroxylation is 3. The number of benzene rings is 1. The van der Waals surface area contributed by atoms with Gasteiger partial charge >= 0.3 is 5.69 Å². The number of aromatic nitrogens is 2. The second-order valence-corrected chi connectivity index (χ2v) is 4.66. The Labute approximate surface area is 113 Å². The van der Waals surface area contributed by atoms with Crippen LogP contribution in [-0.4, -0.2) is 9.13 Å². The van der Waals surface area contributed by atoms with Crippen molar-refractivity contribution in [2.75, 3.05) is 0 Å². The molecule has 0 spiro atoms. The van der Waals surface area contributed by atoms with Crippen LogP contribution in [0.2, 0.25) is 0 Å². The van der Waals surface area contributed by atoms with Crippen molar-refractivity contribution in [3.8, 4) is 0 Å². The van der Waals surface area contributed by atoms with E-state index in [0.717, 1.165) is 16.7 Å². The lowest BCUT2D eigenvalue weighted by atomic mass is 10.1. The molecule has 0 radical (unpaired) electrons. The van der Waals surface area contributed by atoms with Crippen LogP contribution in [0.15, 0.2) is 34.0 Å². The quantitative estimate of drug-likeness (QED) is 0.852. The first-order valence-electron chi connectivity index (χ1n) is 6.11. The van der Waals surface area contributed by atoms with E-state index in [9.17, 15) is 18.4 Å². The van der Waals surface area contributed by atoms with E-state index in [1.807, 2.05) is 0 Å². The normalized spacial score (nSPS) is 10.8. The van der Waals surface area contributed by atoms with E-state index < -0.39 is 17.3 Å². The average Bonchev–Trinajstić information content (AvgIpc) is 2.40. The third kappa shape index (κ3) is 2.68. The van der Waals surface area contributed by atoms with Gasteiger partial charge in [-0.05, 0) is 31.0 Å². The lowest BCUT2D eigenvalue weighted by Gasteiger charge is -2.08. The minimum atomic E-state index is -0.938. The predicted octanol–water partition coefficient (Wildman–Crippen LogP) is 1.38. The van der Waals surface area contributed by atoms with Crippen molar-refractivity contribution in [1.82, 2.24) is 9.13 Å². The molecular formula is C14H14F2N2O2. The lowest BCUT2D eigenvalue weighted by Crippen LogP contribution is -2.40. The molecule has 0 aliphatic carbocycles. The van der Waals surface area contributed by atoms with Crippen molar-refractivity contribution >= 4 is 0 Å². The van der Waals surface area contributed by atoms with Crippen LogP contribution in [0.1, 0.15) is 11.1 Å². The van der Waals surface area contributed by atoms with Gasteiger partial charge in [0.25, 0.3) is 5.56 Å². The van der Waals surface area contributed by atoms with Gasteiger partial charge in [0, 0.05) is 25.4 Å². The van der Waals surface area contributed by atoms with E-state index >= 15 is 0 Å². The van der Waals surface area contributed by atoms with Crippen LogP contribution in [0.25, 0.3) is 0 Å². The monoisotopic (exact) mass is 280 g/mol. The first-order valence-corrected chi connectivity index (χ1v) is 6.11. The highest BCUT2D eigenvalue weighted by Crippen LogP contribution is 2.09. The molecule has 0 aliphatic rings. The van der Waals surface area contributed by atoms with E-state index in [1.165, 1.54) is 16.8 Å². The van der Waals surface area contributed by atoms with Crippen molar-refractivity contribution in [3.63, 3.8) is 0 Å². The molecule has 20 heavy (non-hydrogen) atoms. The summed E-state index contributed by atoms with van der Waals surface area (Å²) in [6.07, 6.45) is 1.74. The fourth-order valence-corrected chi connectivity index (χ4v) is 2.02. The van der Waals surface area contributed by atoms with Crippen LogP contribution in [0, 0.1) is 18.6 Å². The summed E-state index contributed by atoms with van der Waals surface area (Å²) in [5.74, 6) is -1.86. The summed E-state index contributed by atoms with van der Waals surface area (Å²) in [7, 11) is 1.56. The Hall–Kier alpha value is -2.24. The van der Waals surface area contributed by atoms with E-state index in [1.54, 1.807) is 14.0 Å². The van der Waals surface area contributed by atoms with Crippen LogP contribution >= 0.6 is 0 Å². The van der Waals surface area contributed by atoms with Crippen LogP contribution < -0.4 is 11.2 Å². The van der Waals surface area contributed by atoms with Crippen LogP contribution in [0.3, 0.4) is 0 Å². The van der Waals surface area contributed by atoms with Gasteiger partial charge in [-0.25, -0.2) is 13.6 Å². The van der Waals surface area contributed by atoms with Crippen molar-refractivity contribution in [1.29, 1.82) is 0 Å². The molecule has 1 aromatic heterocycles. The number of hydrogen-bond acceptors (Lipinski definition) is 2. The molecule has 1 aromatic carbocycles. The van der Waals surface area contributed by atoms with Crippen LogP contribution in [0.5, 0.6) is 0 Å². The lowest BCUT2D eigenvalue weighted by molar-refractivity contribution is 0.505. The Morgan fingerprint density at radius 3 is 2.50 bits per heavy atom. The van der Waals surface area contributed by atoms with Crippen molar-refractivity contribution in [2.45, 2.75) is 19.9 Å². The first kappa shape index (κ1) is 14.2. The minimum absolute atomic E-state index is 0.123. The third-order valence-electron chi connectivity index (χ3n) is 3.11. The molecule has 6 heteroatoms. The predicted molar refractivity (Wildman–Crippen MR) is 70.7 cm³/mol. The summed E-state index contributed by atoms with van der Waals surface area (Å²) < 4.78 is 28.3. The maximum Gasteiger partial charge on any atom is 0.330 e. The molecule has 0 N–H and O–H groups in total. The number of hydrogen-bond donors (Lipinski definition) is 0. The molecule has 0 amide bonds. The van der Waals surface area contributed by atoms with E-state index in [4.69, 9.17) is 0 Å². The van der Waals surface area contributed by atoms with Gasteiger partial charge in [0.05, 0.1) is 0 Å². The average molecular weight is 280 g/mol. The highest BCUT2D eigenvalue weighted by Gasteiger charge is 2.08. The fourth-order valence-electron chi connectivity index (χ4n) is 2.02. The maximum absolute atomic E-state index is 13.1. The van der Waals surface area contributed by atoms with E-state index in [0.29, 0.717) is 11.1 Å². The zero-order valence-corrected chi connectivity index (χ0v) is 11.2. The molecule has 0 bridgehead atoms. The van der Waals surface area contributed by atoms with E-state index in [2.05, 4.69) is 0 Å². The van der Waals surface area contributed by atoms with Gasteiger partial charge in [0.15, 0.2) is 11.6 Å². The molecule has 0 unspecified atom stereocenters. The number of rotatable bonds is 3. The van der Waals surface area contributed by atoms with Crippen molar-refractivity contribution in [3.05, 3.63) is 68.0 Å². The summed E-state index contributed by atoms with van der Waals surface area (Å²) in [4.78, 5) is 23.8. The van der Waals surface area contributed by atoms with Crippen molar-refractivity contribution < 1.29 is 8.78 Å². The summed E-state index contributed by atoms with van der Waals surface area (Å²) in [6, 6.07) is 3.53. The Morgan fingerprint density at radius 2 is 1.85 bits per heavy atom. The maximum atomic E-state index is 13.1. The topological polar surface area (TPSA) is 44.0 Å². The molecular weight excluding hydrogens is 266 g/mol. The van der Waals surface area contributed by atoms with Gasteiger partial charge in [-0.1, -0.05) is 6.07 Å². The second-order valence-electron chi connectivity index (χ2n) is 4.66. The van der Waals surface area contributed by atoms with Crippen LogP contribution in [0.4, 0.5) is 8.78 Å². The molecule has 0 saturated carbocycles. The highest BCUT2D eigenvalue weighted by atomic mass is 19.2. The zero-order chi connectivity index (χ0) is 14.9. The van der Waals surface area contributed by atoms with Crippen molar-refractivity contribution in [2.24, 2.45) is 7.05 Å². The summed E-state index contributed by atoms with van der Waals surface area (Å²) in [5.41, 5.74) is 0.190. The molecule has 106 valence electrons. The molecule has 0 aliphatic heterocycles. The zero-order valence-electron chi connectivity index (χ0n) is 11.2. The largest absolute Gasteiger partial charge is 0.330 e.